The molecule has 0 heterocycles. The van der Waals surface area contributed by atoms with Crippen molar-refractivity contribution in [2.75, 3.05) is 0 Å². The van der Waals surface area contributed by atoms with Crippen molar-refractivity contribution in [3.05, 3.63) is 42.5 Å². The third-order valence-electron chi connectivity index (χ3n) is 2.20. The van der Waals surface area contributed by atoms with Gasteiger partial charge in [-0.1, -0.05) is 36.4 Å². The highest BCUT2D eigenvalue weighted by molar-refractivity contribution is 8.63. The van der Waals surface area contributed by atoms with E-state index in [0.29, 0.717) is 10.8 Å². The first-order valence-electron chi connectivity index (χ1n) is 4.71. The van der Waals surface area contributed by atoms with Crippen LogP contribution >= 0.6 is 0 Å². The number of hydrogen-bond acceptors (Lipinski definition) is 5. The van der Waals surface area contributed by atoms with E-state index in [1.54, 1.807) is 30.3 Å². The molecule has 96 valence electrons. The van der Waals surface area contributed by atoms with Crippen LogP contribution in [-0.2, 0) is 18.3 Å². The molecule has 0 aliphatic carbocycles. The molecule has 0 saturated heterocycles. The van der Waals surface area contributed by atoms with Crippen LogP contribution in [-0.4, -0.2) is 21.4 Å². The monoisotopic (exact) mass is 288 g/mol. The minimum atomic E-state index is -5.32. The van der Waals surface area contributed by atoms with E-state index in [1.807, 2.05) is 0 Å². The van der Waals surface area contributed by atoms with Crippen LogP contribution in [0.3, 0.4) is 0 Å². The average molecular weight is 288 g/mol. The molecule has 18 heavy (non-hydrogen) atoms. The fourth-order valence-electron chi connectivity index (χ4n) is 1.42. The maximum absolute atomic E-state index is 11.2. The third-order valence-corrected chi connectivity index (χ3v) is 4.85. The maximum Gasteiger partial charge on any atom is 0.444 e. The lowest BCUT2D eigenvalue weighted by Crippen LogP contribution is -2.20. The van der Waals surface area contributed by atoms with Crippen LogP contribution in [0.25, 0.3) is 10.8 Å². The van der Waals surface area contributed by atoms with Crippen molar-refractivity contribution in [3.8, 4) is 5.75 Å². The van der Waals surface area contributed by atoms with Crippen molar-refractivity contribution in [2.24, 2.45) is 0 Å². The highest BCUT2D eigenvalue weighted by Crippen LogP contribution is 2.27. The smallest absolute Gasteiger partial charge is 0.369 e. The first kappa shape index (κ1) is 12.8. The molecule has 1 N–H and O–H groups in total. The van der Waals surface area contributed by atoms with Crippen molar-refractivity contribution in [1.29, 1.82) is 0 Å². The summed E-state index contributed by atoms with van der Waals surface area (Å²) in [6.45, 7) is 0. The first-order valence-corrected chi connectivity index (χ1v) is 8.07. The van der Waals surface area contributed by atoms with Gasteiger partial charge in [-0.3, -0.25) is 4.55 Å². The summed E-state index contributed by atoms with van der Waals surface area (Å²) >= 11 is 0. The van der Waals surface area contributed by atoms with E-state index in [4.69, 9.17) is 4.55 Å². The Labute approximate surface area is 103 Å². The van der Waals surface area contributed by atoms with Gasteiger partial charge < -0.3 is 4.18 Å². The summed E-state index contributed by atoms with van der Waals surface area (Å²) in [7, 11) is -10.4. The second-order valence-corrected chi connectivity index (χ2v) is 7.72. The van der Waals surface area contributed by atoms with E-state index >= 15 is 0 Å². The molecule has 2 aromatic rings. The molecule has 0 bridgehead atoms. The number of hydrogen-bond donors (Lipinski definition) is 1. The van der Waals surface area contributed by atoms with Crippen LogP contribution in [0, 0.1) is 0 Å². The largest absolute Gasteiger partial charge is 0.444 e. The van der Waals surface area contributed by atoms with Gasteiger partial charge in [0, 0.05) is 5.39 Å². The van der Waals surface area contributed by atoms with E-state index in [-0.39, 0.29) is 5.75 Å². The van der Waals surface area contributed by atoms with E-state index in [0.717, 1.165) is 0 Å². The summed E-state index contributed by atoms with van der Waals surface area (Å²) in [5.41, 5.74) is 0. The zero-order chi connectivity index (χ0) is 13.4. The van der Waals surface area contributed by atoms with E-state index in [9.17, 15) is 16.8 Å². The summed E-state index contributed by atoms with van der Waals surface area (Å²) in [5.74, 6) is -0.161. The van der Waals surface area contributed by atoms with Crippen molar-refractivity contribution < 1.29 is 25.6 Å². The molecular weight excluding hydrogens is 280 g/mol. The van der Waals surface area contributed by atoms with Crippen LogP contribution in [0.4, 0.5) is 0 Å². The Hall–Kier alpha value is -1.64. The minimum absolute atomic E-state index is 0.161. The molecule has 0 fully saturated rings. The number of fused-ring (bicyclic) bond motifs is 1. The standard InChI is InChI=1S/C10H8O6S2/c11-17(12,13)18(14,15)16-10-7-3-5-8-4-1-2-6-9(8)10/h1-7H,(H,11,12,13). The van der Waals surface area contributed by atoms with Gasteiger partial charge in [-0.25, -0.2) is 0 Å². The Morgan fingerprint density at radius 3 is 2.17 bits per heavy atom. The Kier molecular flexibility index (Phi) is 3.01. The summed E-state index contributed by atoms with van der Waals surface area (Å²) in [5, 5.41) is 1.10. The molecule has 0 radical (unpaired) electrons. The third kappa shape index (κ3) is 2.30. The number of benzene rings is 2. The molecule has 6 nitrogen and oxygen atoms in total. The lowest BCUT2D eigenvalue weighted by atomic mass is 10.1. The second-order valence-electron chi connectivity index (χ2n) is 3.40. The first-order chi connectivity index (χ1) is 8.31. The molecule has 0 saturated carbocycles. The Morgan fingerprint density at radius 1 is 0.889 bits per heavy atom. The Morgan fingerprint density at radius 2 is 1.50 bits per heavy atom. The summed E-state index contributed by atoms with van der Waals surface area (Å²) in [4.78, 5) is 0. The summed E-state index contributed by atoms with van der Waals surface area (Å²) < 4.78 is 56.6. The fourth-order valence-corrected chi connectivity index (χ4v) is 2.35. The Bertz CT molecular complexity index is 787. The van der Waals surface area contributed by atoms with Gasteiger partial charge in [0.15, 0.2) is 5.75 Å². The molecule has 0 atom stereocenters. The van der Waals surface area contributed by atoms with Gasteiger partial charge >= 0.3 is 18.3 Å². The summed E-state index contributed by atoms with van der Waals surface area (Å²) in [6.07, 6.45) is 0. The minimum Gasteiger partial charge on any atom is -0.369 e. The van der Waals surface area contributed by atoms with Gasteiger partial charge in [-0.15, -0.1) is 0 Å². The molecule has 8 heteroatoms. The van der Waals surface area contributed by atoms with Crippen molar-refractivity contribution in [1.82, 2.24) is 0 Å². The molecule has 0 aromatic heterocycles. The lowest BCUT2D eigenvalue weighted by Gasteiger charge is -2.07. The van der Waals surface area contributed by atoms with Gasteiger partial charge in [0.1, 0.15) is 0 Å². The topological polar surface area (TPSA) is 97.7 Å². The highest BCUT2D eigenvalue weighted by Gasteiger charge is 2.30. The molecule has 0 aliphatic heterocycles. The van der Waals surface area contributed by atoms with Crippen LogP contribution in [0.2, 0.25) is 0 Å². The molecule has 0 aliphatic rings. The maximum atomic E-state index is 11.2. The molecule has 0 amide bonds. The van der Waals surface area contributed by atoms with Gasteiger partial charge in [0.2, 0.25) is 0 Å². The van der Waals surface area contributed by atoms with E-state index in [2.05, 4.69) is 4.18 Å². The van der Waals surface area contributed by atoms with Crippen LogP contribution in [0.1, 0.15) is 0 Å². The second kappa shape index (κ2) is 4.23. The zero-order valence-corrected chi connectivity index (χ0v) is 10.5. The van der Waals surface area contributed by atoms with Crippen LogP contribution in [0.5, 0.6) is 5.75 Å². The predicted molar refractivity (Wildman–Crippen MR) is 65.0 cm³/mol. The SMILES string of the molecule is O=S(=O)(O)S(=O)(=O)Oc1cccc2ccccc12. The van der Waals surface area contributed by atoms with Crippen LogP contribution < -0.4 is 4.18 Å². The summed E-state index contributed by atoms with van der Waals surface area (Å²) in [6, 6.07) is 11.2. The average Bonchev–Trinajstić information content (AvgIpc) is 2.27. The van der Waals surface area contributed by atoms with E-state index < -0.39 is 18.3 Å². The van der Waals surface area contributed by atoms with Crippen LogP contribution in [0.15, 0.2) is 42.5 Å². The van der Waals surface area contributed by atoms with Crippen molar-refractivity contribution in [3.63, 3.8) is 0 Å². The van der Waals surface area contributed by atoms with E-state index in [1.165, 1.54) is 12.1 Å². The molecular formula is C10H8O6S2. The van der Waals surface area contributed by atoms with Crippen molar-refractivity contribution >= 4 is 29.1 Å². The fraction of sp³-hybridized carbons (Fsp3) is 0. The molecule has 2 aromatic carbocycles. The van der Waals surface area contributed by atoms with Gasteiger partial charge in [0.05, 0.1) is 0 Å². The highest BCUT2D eigenvalue weighted by atomic mass is 33.2. The molecule has 0 unspecified atom stereocenters. The van der Waals surface area contributed by atoms with Gasteiger partial charge in [-0.05, 0) is 11.5 Å². The van der Waals surface area contributed by atoms with Crippen molar-refractivity contribution in [2.45, 2.75) is 0 Å². The van der Waals surface area contributed by atoms with Gasteiger partial charge in [-0.2, -0.15) is 16.8 Å². The molecule has 2 rings (SSSR count). The quantitative estimate of drug-likeness (QED) is 0.676. The lowest BCUT2D eigenvalue weighted by molar-refractivity contribution is 0.464. The predicted octanol–water partition coefficient (Wildman–Crippen LogP) is 1.35. The normalized spacial score (nSPS) is 12.5. The number of rotatable bonds is 3. The van der Waals surface area contributed by atoms with Gasteiger partial charge in [0.25, 0.3) is 0 Å². The molecule has 0 spiro atoms. The Balaban J connectivity index is 2.58. The zero-order valence-electron chi connectivity index (χ0n) is 8.85.